The Bertz CT molecular complexity index is 1060. The van der Waals surface area contributed by atoms with Gasteiger partial charge in [0, 0.05) is 11.1 Å². The second-order valence-corrected chi connectivity index (χ2v) is 5.65. The molecule has 0 unspecified atom stereocenters. The summed E-state index contributed by atoms with van der Waals surface area (Å²) in [5.41, 5.74) is 4.61. The van der Waals surface area contributed by atoms with E-state index in [2.05, 4.69) is 21.3 Å². The van der Waals surface area contributed by atoms with Gasteiger partial charge in [-0.05, 0) is 29.3 Å². The Kier molecular flexibility index (Phi) is 3.82. The third-order valence-corrected chi connectivity index (χ3v) is 3.98. The van der Waals surface area contributed by atoms with E-state index in [1.165, 1.54) is 0 Å². The number of benzene rings is 3. The van der Waals surface area contributed by atoms with Gasteiger partial charge in [-0.2, -0.15) is 10.4 Å². The number of hydrogen-bond acceptors (Lipinski definition) is 3. The number of aromatic nitrogens is 3. The van der Waals surface area contributed by atoms with Gasteiger partial charge in [-0.1, -0.05) is 60.7 Å². The summed E-state index contributed by atoms with van der Waals surface area (Å²) in [5.74, 6) is 1.39. The van der Waals surface area contributed by atoms with Crippen molar-refractivity contribution in [3.05, 3.63) is 84.4 Å². The van der Waals surface area contributed by atoms with Crippen LogP contribution in [0.15, 0.2) is 78.9 Å². The number of hydrogen-bond donors (Lipinski definition) is 1. The van der Waals surface area contributed by atoms with Gasteiger partial charge in [0.05, 0.1) is 11.6 Å². The summed E-state index contributed by atoms with van der Waals surface area (Å²) < 4.78 is 0. The molecule has 0 radical (unpaired) electrons. The molecule has 4 heteroatoms. The van der Waals surface area contributed by atoms with Crippen LogP contribution in [0.3, 0.4) is 0 Å². The lowest BCUT2D eigenvalue weighted by Crippen LogP contribution is -1.84. The van der Waals surface area contributed by atoms with Crippen molar-refractivity contribution in [3.63, 3.8) is 0 Å². The lowest BCUT2D eigenvalue weighted by Gasteiger charge is -2.04. The van der Waals surface area contributed by atoms with Crippen molar-refractivity contribution in [2.75, 3.05) is 0 Å². The monoisotopic (exact) mass is 322 g/mol. The van der Waals surface area contributed by atoms with E-state index in [9.17, 15) is 0 Å². The largest absolute Gasteiger partial charge is 0.259 e. The Hall–Kier alpha value is -3.71. The summed E-state index contributed by atoms with van der Waals surface area (Å²) in [6, 6.07) is 27.7. The fourth-order valence-electron chi connectivity index (χ4n) is 2.72. The molecule has 0 saturated heterocycles. The fraction of sp³-hybridized carbons (Fsp3) is 0. The third-order valence-electron chi connectivity index (χ3n) is 3.98. The average molecular weight is 322 g/mol. The highest BCUT2D eigenvalue weighted by atomic mass is 15.2. The SMILES string of the molecule is N#Cc1cccc(-c2cccc(-c3nc(-c4ccccc4)n[nH]3)c2)c1. The minimum atomic E-state index is 0.647. The van der Waals surface area contributed by atoms with Crippen molar-refractivity contribution in [2.24, 2.45) is 0 Å². The summed E-state index contributed by atoms with van der Waals surface area (Å²) in [7, 11) is 0. The number of H-pyrrole nitrogens is 1. The second-order valence-electron chi connectivity index (χ2n) is 5.65. The molecule has 0 aliphatic rings. The molecule has 1 aromatic heterocycles. The maximum atomic E-state index is 9.08. The zero-order chi connectivity index (χ0) is 17.1. The Labute approximate surface area is 145 Å². The molecule has 4 rings (SSSR count). The molecule has 3 aromatic carbocycles. The third kappa shape index (κ3) is 3.04. The van der Waals surface area contributed by atoms with Crippen LogP contribution in [0.1, 0.15) is 5.56 Å². The highest BCUT2D eigenvalue weighted by Crippen LogP contribution is 2.26. The van der Waals surface area contributed by atoms with E-state index >= 15 is 0 Å². The van der Waals surface area contributed by atoms with Crippen LogP contribution in [0.4, 0.5) is 0 Å². The quantitative estimate of drug-likeness (QED) is 0.595. The predicted molar refractivity (Wildman–Crippen MR) is 97.4 cm³/mol. The van der Waals surface area contributed by atoms with E-state index in [0.29, 0.717) is 11.4 Å². The van der Waals surface area contributed by atoms with Gasteiger partial charge < -0.3 is 0 Å². The lowest BCUT2D eigenvalue weighted by atomic mass is 10.0. The first-order valence-corrected chi connectivity index (χ1v) is 7.92. The van der Waals surface area contributed by atoms with Crippen molar-refractivity contribution in [3.8, 4) is 40.0 Å². The molecule has 25 heavy (non-hydrogen) atoms. The highest BCUT2D eigenvalue weighted by Gasteiger charge is 2.08. The first kappa shape index (κ1) is 14.9. The zero-order valence-corrected chi connectivity index (χ0v) is 13.3. The van der Waals surface area contributed by atoms with Crippen LogP contribution in [0.25, 0.3) is 33.9 Å². The van der Waals surface area contributed by atoms with Crippen molar-refractivity contribution < 1.29 is 0 Å². The van der Waals surface area contributed by atoms with Gasteiger partial charge >= 0.3 is 0 Å². The van der Waals surface area contributed by atoms with Gasteiger partial charge in [0.15, 0.2) is 11.6 Å². The van der Waals surface area contributed by atoms with Gasteiger partial charge in [-0.3, -0.25) is 5.10 Å². The molecule has 1 heterocycles. The van der Waals surface area contributed by atoms with Crippen LogP contribution < -0.4 is 0 Å². The van der Waals surface area contributed by atoms with E-state index < -0.39 is 0 Å². The van der Waals surface area contributed by atoms with Crippen molar-refractivity contribution >= 4 is 0 Å². The number of nitriles is 1. The summed E-state index contributed by atoms with van der Waals surface area (Å²) in [6.45, 7) is 0. The minimum absolute atomic E-state index is 0.647. The Morgan fingerprint density at radius 1 is 0.720 bits per heavy atom. The highest BCUT2D eigenvalue weighted by molar-refractivity contribution is 5.71. The van der Waals surface area contributed by atoms with Crippen LogP contribution >= 0.6 is 0 Å². The number of aromatic amines is 1. The van der Waals surface area contributed by atoms with Crippen LogP contribution in [-0.4, -0.2) is 15.2 Å². The maximum Gasteiger partial charge on any atom is 0.181 e. The molecule has 0 aliphatic carbocycles. The van der Waals surface area contributed by atoms with Crippen LogP contribution in [-0.2, 0) is 0 Å². The topological polar surface area (TPSA) is 65.4 Å². The maximum absolute atomic E-state index is 9.08. The van der Waals surface area contributed by atoms with Gasteiger partial charge in [-0.25, -0.2) is 4.98 Å². The molecule has 1 N–H and O–H groups in total. The van der Waals surface area contributed by atoms with Crippen molar-refractivity contribution in [1.29, 1.82) is 5.26 Å². The summed E-state index contributed by atoms with van der Waals surface area (Å²) in [5, 5.41) is 16.4. The van der Waals surface area contributed by atoms with Crippen molar-refractivity contribution in [1.82, 2.24) is 15.2 Å². The number of nitrogens with one attached hydrogen (secondary N) is 1. The van der Waals surface area contributed by atoms with Gasteiger partial charge in [0.25, 0.3) is 0 Å². The first-order valence-electron chi connectivity index (χ1n) is 7.92. The number of rotatable bonds is 3. The summed E-state index contributed by atoms with van der Waals surface area (Å²) in [4.78, 5) is 4.60. The van der Waals surface area contributed by atoms with Crippen molar-refractivity contribution in [2.45, 2.75) is 0 Å². The molecule has 118 valence electrons. The molecule has 0 bridgehead atoms. The van der Waals surface area contributed by atoms with E-state index in [1.807, 2.05) is 72.8 Å². The molecule has 0 amide bonds. The van der Waals surface area contributed by atoms with E-state index in [-0.39, 0.29) is 0 Å². The molecule has 0 aliphatic heterocycles. The number of nitrogens with zero attached hydrogens (tertiary/aromatic N) is 3. The lowest BCUT2D eigenvalue weighted by molar-refractivity contribution is 1.10. The Morgan fingerprint density at radius 2 is 1.40 bits per heavy atom. The molecule has 0 atom stereocenters. The standard InChI is InChI=1S/C21H14N4/c22-14-15-6-4-9-17(12-15)18-10-5-11-19(13-18)21-23-20(24-25-21)16-7-2-1-3-8-16/h1-13H,(H,23,24,25). The van der Waals surface area contributed by atoms with E-state index in [0.717, 1.165) is 28.1 Å². The van der Waals surface area contributed by atoms with Gasteiger partial charge in [0.2, 0.25) is 0 Å². The summed E-state index contributed by atoms with van der Waals surface area (Å²) in [6.07, 6.45) is 0. The molecular formula is C21H14N4. The molecule has 0 saturated carbocycles. The predicted octanol–water partition coefficient (Wildman–Crippen LogP) is 4.68. The van der Waals surface area contributed by atoms with Gasteiger partial charge in [-0.15, -0.1) is 0 Å². The minimum Gasteiger partial charge on any atom is -0.259 e. The normalized spacial score (nSPS) is 10.4. The first-order chi connectivity index (χ1) is 12.3. The van der Waals surface area contributed by atoms with Crippen LogP contribution in [0.2, 0.25) is 0 Å². The molecular weight excluding hydrogens is 308 g/mol. The second kappa shape index (κ2) is 6.42. The molecule has 4 aromatic rings. The van der Waals surface area contributed by atoms with Crippen LogP contribution in [0, 0.1) is 11.3 Å². The Balaban J connectivity index is 1.71. The summed E-state index contributed by atoms with van der Waals surface area (Å²) >= 11 is 0. The van der Waals surface area contributed by atoms with E-state index in [1.54, 1.807) is 6.07 Å². The molecule has 0 fully saturated rings. The van der Waals surface area contributed by atoms with Crippen LogP contribution in [0.5, 0.6) is 0 Å². The van der Waals surface area contributed by atoms with Gasteiger partial charge in [0.1, 0.15) is 0 Å². The smallest absolute Gasteiger partial charge is 0.181 e. The average Bonchev–Trinajstić information content (AvgIpc) is 3.19. The zero-order valence-electron chi connectivity index (χ0n) is 13.3. The molecule has 0 spiro atoms. The Morgan fingerprint density at radius 3 is 2.20 bits per heavy atom. The fourth-order valence-corrected chi connectivity index (χ4v) is 2.72. The van der Waals surface area contributed by atoms with E-state index in [4.69, 9.17) is 5.26 Å². The molecule has 4 nitrogen and oxygen atoms in total.